The fourth-order valence-electron chi connectivity index (χ4n) is 2.00. The lowest BCUT2D eigenvalue weighted by Crippen LogP contribution is -2.49. The zero-order valence-corrected chi connectivity index (χ0v) is 8.54. The van der Waals surface area contributed by atoms with Crippen molar-refractivity contribution < 1.29 is 14.9 Å². The Bertz CT molecular complexity index is 200. The molecule has 0 aliphatic heterocycles. The largest absolute Gasteiger partial charge is 0.296 e. The van der Waals surface area contributed by atoms with Crippen LogP contribution in [0.4, 0.5) is 0 Å². The van der Waals surface area contributed by atoms with E-state index in [1.165, 1.54) is 0 Å². The number of Topliss-reactive ketones (excluding diaryl/α,β-unsaturated/α-hetero) is 1. The highest BCUT2D eigenvalue weighted by Gasteiger charge is 2.46. The highest BCUT2D eigenvalue weighted by atomic mass is 17.1. The number of carbonyl (C=O) groups excluding carboxylic acids is 1. The molecule has 3 heteroatoms. The predicted molar refractivity (Wildman–Crippen MR) is 49.3 cm³/mol. The van der Waals surface area contributed by atoms with Crippen LogP contribution in [0.1, 0.15) is 40.0 Å². The van der Waals surface area contributed by atoms with Crippen LogP contribution >= 0.6 is 0 Å². The lowest BCUT2D eigenvalue weighted by atomic mass is 9.73. The van der Waals surface area contributed by atoms with Gasteiger partial charge in [-0.25, -0.2) is 4.89 Å². The molecule has 0 radical (unpaired) electrons. The summed E-state index contributed by atoms with van der Waals surface area (Å²) >= 11 is 0. The first-order valence-corrected chi connectivity index (χ1v) is 4.89. The van der Waals surface area contributed by atoms with Crippen LogP contribution in [-0.2, 0) is 9.68 Å². The molecule has 2 unspecified atom stereocenters. The summed E-state index contributed by atoms with van der Waals surface area (Å²) in [4.78, 5) is 16.2. The van der Waals surface area contributed by atoms with Gasteiger partial charge in [0, 0.05) is 6.42 Å². The minimum absolute atomic E-state index is 0.0394. The van der Waals surface area contributed by atoms with E-state index >= 15 is 0 Å². The molecular weight excluding hydrogens is 168 g/mol. The molecule has 1 saturated carbocycles. The van der Waals surface area contributed by atoms with Gasteiger partial charge in [0.15, 0.2) is 11.4 Å². The first-order chi connectivity index (χ1) is 6.03. The summed E-state index contributed by atoms with van der Waals surface area (Å²) in [5.74, 6) is 0.510. The molecule has 0 aromatic heterocycles. The maximum atomic E-state index is 11.7. The van der Waals surface area contributed by atoms with Crippen molar-refractivity contribution in [1.29, 1.82) is 0 Å². The third kappa shape index (κ3) is 1.76. The molecule has 1 aliphatic carbocycles. The normalized spacial score (nSPS) is 35.5. The van der Waals surface area contributed by atoms with E-state index in [9.17, 15) is 4.79 Å². The number of hydrogen-bond acceptors (Lipinski definition) is 3. The van der Waals surface area contributed by atoms with Gasteiger partial charge in [-0.3, -0.25) is 10.1 Å². The maximum Gasteiger partial charge on any atom is 0.168 e. The van der Waals surface area contributed by atoms with Crippen molar-refractivity contribution in [3.8, 4) is 0 Å². The molecule has 0 aromatic rings. The number of carbonyl (C=O) groups is 1. The van der Waals surface area contributed by atoms with E-state index in [-0.39, 0.29) is 11.7 Å². The van der Waals surface area contributed by atoms with Crippen molar-refractivity contribution >= 4 is 5.78 Å². The van der Waals surface area contributed by atoms with Crippen molar-refractivity contribution in [2.45, 2.75) is 45.6 Å². The molecule has 1 fully saturated rings. The third-order valence-corrected chi connectivity index (χ3v) is 3.11. The molecule has 0 bridgehead atoms. The fourth-order valence-corrected chi connectivity index (χ4v) is 2.00. The summed E-state index contributed by atoms with van der Waals surface area (Å²) in [6, 6.07) is 0. The van der Waals surface area contributed by atoms with E-state index in [1.54, 1.807) is 0 Å². The number of ketones is 1. The summed E-state index contributed by atoms with van der Waals surface area (Å²) in [7, 11) is 0. The molecule has 13 heavy (non-hydrogen) atoms. The van der Waals surface area contributed by atoms with Crippen LogP contribution < -0.4 is 0 Å². The van der Waals surface area contributed by atoms with Gasteiger partial charge in [0.1, 0.15) is 0 Å². The fraction of sp³-hybridized carbons (Fsp3) is 0.900. The van der Waals surface area contributed by atoms with E-state index in [4.69, 9.17) is 5.26 Å². The summed E-state index contributed by atoms with van der Waals surface area (Å²) in [6.45, 7) is 5.87. The van der Waals surface area contributed by atoms with Crippen LogP contribution in [0.25, 0.3) is 0 Å². The quantitative estimate of drug-likeness (QED) is 0.531. The van der Waals surface area contributed by atoms with Gasteiger partial charge in [-0.1, -0.05) is 20.8 Å². The minimum Gasteiger partial charge on any atom is -0.296 e. The second-order valence-corrected chi connectivity index (χ2v) is 4.41. The van der Waals surface area contributed by atoms with Gasteiger partial charge < -0.3 is 0 Å². The maximum absolute atomic E-state index is 11.7. The van der Waals surface area contributed by atoms with Crippen molar-refractivity contribution in [2.75, 3.05) is 0 Å². The highest BCUT2D eigenvalue weighted by molar-refractivity contribution is 5.88. The van der Waals surface area contributed by atoms with E-state index < -0.39 is 5.60 Å². The molecule has 0 saturated heterocycles. The van der Waals surface area contributed by atoms with E-state index in [0.29, 0.717) is 18.8 Å². The van der Waals surface area contributed by atoms with Gasteiger partial charge >= 0.3 is 0 Å². The Morgan fingerprint density at radius 2 is 2.23 bits per heavy atom. The average molecular weight is 186 g/mol. The van der Waals surface area contributed by atoms with Gasteiger partial charge in [-0.15, -0.1) is 0 Å². The molecule has 0 heterocycles. The Kier molecular flexibility index (Phi) is 3.09. The molecule has 3 nitrogen and oxygen atoms in total. The molecule has 1 aliphatic rings. The smallest absolute Gasteiger partial charge is 0.168 e. The Hall–Kier alpha value is -0.410. The summed E-state index contributed by atoms with van der Waals surface area (Å²) in [5, 5.41) is 8.85. The second-order valence-electron chi connectivity index (χ2n) is 4.41. The van der Waals surface area contributed by atoms with Crippen molar-refractivity contribution in [3.05, 3.63) is 0 Å². The monoisotopic (exact) mass is 186 g/mol. The topological polar surface area (TPSA) is 46.5 Å². The minimum atomic E-state index is -0.924. The Labute approximate surface area is 79.0 Å². The highest BCUT2D eigenvalue weighted by Crippen LogP contribution is 2.36. The Balaban J connectivity index is 2.81. The SMILES string of the molecule is CC1CCC(OO)(C(C)C)C(=O)C1. The van der Waals surface area contributed by atoms with Gasteiger partial charge in [0.2, 0.25) is 0 Å². The average Bonchev–Trinajstić information content (AvgIpc) is 2.04. The zero-order valence-electron chi connectivity index (χ0n) is 8.54. The molecule has 2 atom stereocenters. The van der Waals surface area contributed by atoms with Gasteiger partial charge in [-0.2, -0.15) is 0 Å². The van der Waals surface area contributed by atoms with Crippen LogP contribution in [0.2, 0.25) is 0 Å². The lowest BCUT2D eigenvalue weighted by Gasteiger charge is -2.37. The zero-order chi connectivity index (χ0) is 10.1. The van der Waals surface area contributed by atoms with Gasteiger partial charge in [0.25, 0.3) is 0 Å². The van der Waals surface area contributed by atoms with E-state index in [1.807, 2.05) is 13.8 Å². The standard InChI is InChI=1S/C10H18O3/c1-7(2)10(13-12)5-4-8(3)6-9(10)11/h7-8,12H,4-6H2,1-3H3. The van der Waals surface area contributed by atoms with Crippen LogP contribution in [0, 0.1) is 11.8 Å². The molecule has 1 N–H and O–H groups in total. The molecular formula is C10H18O3. The lowest BCUT2D eigenvalue weighted by molar-refractivity contribution is -0.326. The molecule has 0 amide bonds. The van der Waals surface area contributed by atoms with Crippen LogP contribution in [-0.4, -0.2) is 16.6 Å². The first kappa shape index (κ1) is 10.7. The van der Waals surface area contributed by atoms with Crippen molar-refractivity contribution in [2.24, 2.45) is 11.8 Å². The molecule has 0 aromatic carbocycles. The van der Waals surface area contributed by atoms with Crippen LogP contribution in [0.3, 0.4) is 0 Å². The third-order valence-electron chi connectivity index (χ3n) is 3.11. The summed E-state index contributed by atoms with van der Waals surface area (Å²) < 4.78 is 0. The molecule has 0 spiro atoms. The van der Waals surface area contributed by atoms with E-state index in [2.05, 4.69) is 11.8 Å². The molecule has 76 valence electrons. The Morgan fingerprint density at radius 3 is 2.62 bits per heavy atom. The summed E-state index contributed by atoms with van der Waals surface area (Å²) in [5.41, 5.74) is -0.924. The number of hydrogen-bond donors (Lipinski definition) is 1. The van der Waals surface area contributed by atoms with Crippen molar-refractivity contribution in [1.82, 2.24) is 0 Å². The van der Waals surface area contributed by atoms with Crippen molar-refractivity contribution in [3.63, 3.8) is 0 Å². The molecule has 1 rings (SSSR count). The van der Waals surface area contributed by atoms with Crippen LogP contribution in [0.15, 0.2) is 0 Å². The summed E-state index contributed by atoms with van der Waals surface area (Å²) in [6.07, 6.45) is 2.12. The number of rotatable bonds is 2. The van der Waals surface area contributed by atoms with Gasteiger partial charge in [-0.05, 0) is 24.7 Å². The second kappa shape index (κ2) is 3.76. The van der Waals surface area contributed by atoms with E-state index in [0.717, 1.165) is 6.42 Å². The Morgan fingerprint density at radius 1 is 1.62 bits per heavy atom. The van der Waals surface area contributed by atoms with Crippen LogP contribution in [0.5, 0.6) is 0 Å². The van der Waals surface area contributed by atoms with Gasteiger partial charge in [0.05, 0.1) is 0 Å². The first-order valence-electron chi connectivity index (χ1n) is 4.89. The predicted octanol–water partition coefficient (Wildman–Crippen LogP) is 2.26.